The third kappa shape index (κ3) is 4.48. The molecule has 0 saturated carbocycles. The maximum Gasteiger partial charge on any atom is 0.170 e. The first-order valence-electron chi connectivity index (χ1n) is 8.22. The van der Waals surface area contributed by atoms with Crippen LogP contribution in [0, 0.1) is 6.92 Å². The summed E-state index contributed by atoms with van der Waals surface area (Å²) in [5.41, 5.74) is 1.98. The fourth-order valence-electron chi connectivity index (χ4n) is 2.98. The minimum absolute atomic E-state index is 0.383. The van der Waals surface area contributed by atoms with Gasteiger partial charge in [0, 0.05) is 22.1 Å². The van der Waals surface area contributed by atoms with Crippen LogP contribution in [0.4, 0.5) is 5.69 Å². The number of thiocarbonyl (C=S) groups is 1. The van der Waals surface area contributed by atoms with Crippen molar-refractivity contribution in [3.8, 4) is 0 Å². The van der Waals surface area contributed by atoms with Crippen LogP contribution in [-0.4, -0.2) is 29.6 Å². The molecule has 2 heterocycles. The molecule has 2 N–H and O–H groups in total. The van der Waals surface area contributed by atoms with Gasteiger partial charge in [0.2, 0.25) is 0 Å². The molecule has 24 heavy (non-hydrogen) atoms. The predicted molar refractivity (Wildman–Crippen MR) is 108 cm³/mol. The van der Waals surface area contributed by atoms with Gasteiger partial charge < -0.3 is 10.6 Å². The Balaban J connectivity index is 1.59. The Hall–Kier alpha value is -1.14. The van der Waals surface area contributed by atoms with E-state index >= 15 is 0 Å². The van der Waals surface area contributed by atoms with Gasteiger partial charge >= 0.3 is 0 Å². The standard InChI is InChI=1S/C18H22ClN3S2/c1-13-6-7-14(11-15(13)19)21-18(23)20-12-16(17-5-4-10-24-17)22-8-2-3-9-22/h4-7,10-11,16H,2-3,8-9,12H2,1H3,(H2,20,21,23)/t16-/m1/s1. The smallest absolute Gasteiger partial charge is 0.170 e. The van der Waals surface area contributed by atoms with Crippen LogP contribution in [-0.2, 0) is 0 Å². The van der Waals surface area contributed by atoms with Gasteiger partial charge in [-0.1, -0.05) is 23.7 Å². The normalized spacial score (nSPS) is 16.1. The molecule has 3 nitrogen and oxygen atoms in total. The van der Waals surface area contributed by atoms with Crippen LogP contribution in [0.2, 0.25) is 5.02 Å². The first kappa shape index (κ1) is 17.7. The molecule has 1 aromatic heterocycles. The van der Waals surface area contributed by atoms with Crippen LogP contribution >= 0.6 is 35.2 Å². The van der Waals surface area contributed by atoms with Gasteiger partial charge in [0.05, 0.1) is 6.04 Å². The molecule has 1 fully saturated rings. The molecule has 0 aliphatic carbocycles. The van der Waals surface area contributed by atoms with Gasteiger partial charge in [-0.05, 0) is 74.2 Å². The molecule has 0 spiro atoms. The number of hydrogen-bond acceptors (Lipinski definition) is 3. The Labute approximate surface area is 158 Å². The summed E-state index contributed by atoms with van der Waals surface area (Å²) in [7, 11) is 0. The highest BCUT2D eigenvalue weighted by atomic mass is 35.5. The van der Waals surface area contributed by atoms with E-state index in [9.17, 15) is 0 Å². The zero-order chi connectivity index (χ0) is 16.9. The van der Waals surface area contributed by atoms with Gasteiger partial charge in [-0.15, -0.1) is 11.3 Å². The fourth-order valence-corrected chi connectivity index (χ4v) is 4.22. The third-order valence-electron chi connectivity index (χ3n) is 4.34. The minimum atomic E-state index is 0.383. The van der Waals surface area contributed by atoms with Gasteiger partial charge in [0.1, 0.15) is 0 Å². The van der Waals surface area contributed by atoms with Gasteiger partial charge in [0.25, 0.3) is 0 Å². The summed E-state index contributed by atoms with van der Waals surface area (Å²) in [4.78, 5) is 3.94. The second-order valence-corrected chi connectivity index (χ2v) is 7.87. The van der Waals surface area contributed by atoms with Crippen molar-refractivity contribution in [2.45, 2.75) is 25.8 Å². The van der Waals surface area contributed by atoms with Crippen LogP contribution in [0.1, 0.15) is 29.3 Å². The van der Waals surface area contributed by atoms with Crippen LogP contribution in [0.5, 0.6) is 0 Å². The third-order valence-corrected chi connectivity index (χ3v) is 5.97. The number of aryl methyl sites for hydroxylation is 1. The molecule has 1 aliphatic heterocycles. The summed E-state index contributed by atoms with van der Waals surface area (Å²) in [6.07, 6.45) is 2.57. The van der Waals surface area contributed by atoms with Crippen molar-refractivity contribution >= 4 is 46.0 Å². The number of nitrogens with zero attached hydrogens (tertiary/aromatic N) is 1. The van der Waals surface area contributed by atoms with E-state index in [1.807, 2.05) is 36.5 Å². The lowest BCUT2D eigenvalue weighted by Crippen LogP contribution is -2.38. The molecule has 1 aromatic carbocycles. The molecule has 128 valence electrons. The van der Waals surface area contributed by atoms with E-state index in [0.29, 0.717) is 11.2 Å². The van der Waals surface area contributed by atoms with Gasteiger partial charge in [-0.3, -0.25) is 4.90 Å². The predicted octanol–water partition coefficient (Wildman–Crippen LogP) is 4.83. The van der Waals surface area contributed by atoms with Crippen molar-refractivity contribution in [1.29, 1.82) is 0 Å². The molecule has 0 bridgehead atoms. The van der Waals surface area contributed by atoms with E-state index in [-0.39, 0.29) is 0 Å². The maximum atomic E-state index is 6.17. The first-order valence-corrected chi connectivity index (χ1v) is 9.88. The largest absolute Gasteiger partial charge is 0.360 e. The van der Waals surface area contributed by atoms with Crippen LogP contribution < -0.4 is 10.6 Å². The molecule has 0 amide bonds. The summed E-state index contributed by atoms with van der Waals surface area (Å²) in [6.45, 7) is 5.13. The summed E-state index contributed by atoms with van der Waals surface area (Å²) < 4.78 is 0. The van der Waals surface area contributed by atoms with E-state index in [1.165, 1.54) is 17.7 Å². The highest BCUT2D eigenvalue weighted by molar-refractivity contribution is 7.80. The molecule has 1 aliphatic rings. The van der Waals surface area contributed by atoms with Gasteiger partial charge in [0.15, 0.2) is 5.11 Å². The number of thiophene rings is 1. The summed E-state index contributed by atoms with van der Waals surface area (Å²) in [5, 5.41) is 10.1. The van der Waals surface area contributed by atoms with Crippen molar-refractivity contribution in [3.05, 3.63) is 51.2 Å². The van der Waals surface area contributed by atoms with E-state index in [1.54, 1.807) is 0 Å². The second-order valence-electron chi connectivity index (χ2n) is 6.07. The van der Waals surface area contributed by atoms with Crippen molar-refractivity contribution in [3.63, 3.8) is 0 Å². The second kappa shape index (κ2) is 8.30. The van der Waals surface area contributed by atoms with Crippen LogP contribution in [0.25, 0.3) is 0 Å². The lowest BCUT2D eigenvalue weighted by molar-refractivity contribution is 0.249. The summed E-state index contributed by atoms with van der Waals surface area (Å²) in [6, 6.07) is 10.6. The molecule has 1 atom stereocenters. The molecular weight excluding hydrogens is 358 g/mol. The molecule has 0 unspecified atom stereocenters. The minimum Gasteiger partial charge on any atom is -0.360 e. The van der Waals surface area contributed by atoms with Crippen LogP contribution in [0.3, 0.4) is 0 Å². The van der Waals surface area contributed by atoms with E-state index in [2.05, 4.69) is 33.0 Å². The average molecular weight is 380 g/mol. The Morgan fingerprint density at radius 3 is 2.79 bits per heavy atom. The van der Waals surface area contributed by atoms with Gasteiger partial charge in [-0.25, -0.2) is 0 Å². The molecule has 2 aromatic rings. The Kier molecular flexibility index (Phi) is 6.11. The number of nitrogens with one attached hydrogen (secondary N) is 2. The van der Waals surface area contributed by atoms with Crippen molar-refractivity contribution in [2.24, 2.45) is 0 Å². The zero-order valence-corrected chi connectivity index (χ0v) is 16.1. The molecule has 3 rings (SSSR count). The summed E-state index contributed by atoms with van der Waals surface area (Å²) in [5.74, 6) is 0. The van der Waals surface area contributed by atoms with Crippen LogP contribution in [0.15, 0.2) is 35.7 Å². The fraction of sp³-hybridized carbons (Fsp3) is 0.389. The maximum absolute atomic E-state index is 6.17. The Morgan fingerprint density at radius 1 is 1.33 bits per heavy atom. The average Bonchev–Trinajstić information content (AvgIpc) is 3.25. The highest BCUT2D eigenvalue weighted by Crippen LogP contribution is 2.28. The molecule has 6 heteroatoms. The van der Waals surface area contributed by atoms with Crippen molar-refractivity contribution in [2.75, 3.05) is 25.0 Å². The lowest BCUT2D eigenvalue weighted by Gasteiger charge is -2.27. The van der Waals surface area contributed by atoms with E-state index in [4.69, 9.17) is 23.8 Å². The Bertz CT molecular complexity index is 682. The molecular formula is C18H22ClN3S2. The highest BCUT2D eigenvalue weighted by Gasteiger charge is 2.24. The number of anilines is 1. The Morgan fingerprint density at radius 2 is 2.12 bits per heavy atom. The number of rotatable bonds is 5. The van der Waals surface area contributed by atoms with Gasteiger partial charge in [-0.2, -0.15) is 0 Å². The monoisotopic (exact) mass is 379 g/mol. The van der Waals surface area contributed by atoms with Crippen molar-refractivity contribution in [1.82, 2.24) is 10.2 Å². The van der Waals surface area contributed by atoms with Crippen molar-refractivity contribution < 1.29 is 0 Å². The SMILES string of the molecule is Cc1ccc(NC(=S)NC[C@H](c2cccs2)N2CCCC2)cc1Cl. The van der Waals surface area contributed by atoms with E-state index in [0.717, 1.165) is 35.9 Å². The number of halogens is 1. The first-order chi connectivity index (χ1) is 11.6. The number of likely N-dealkylation sites (tertiary alicyclic amines) is 1. The molecule has 0 radical (unpaired) electrons. The van der Waals surface area contributed by atoms with E-state index < -0.39 is 0 Å². The topological polar surface area (TPSA) is 27.3 Å². The number of benzene rings is 1. The zero-order valence-electron chi connectivity index (χ0n) is 13.7. The number of hydrogen-bond donors (Lipinski definition) is 2. The quantitative estimate of drug-likeness (QED) is 0.727. The lowest BCUT2D eigenvalue weighted by atomic mass is 10.2. The summed E-state index contributed by atoms with van der Waals surface area (Å²) >= 11 is 13.4. The molecule has 1 saturated heterocycles.